The van der Waals surface area contributed by atoms with E-state index in [1.165, 1.54) is 6.92 Å². The molecule has 2 aromatic rings. The molecule has 134 valence electrons. The first-order valence-electron chi connectivity index (χ1n) is 8.35. The Morgan fingerprint density at radius 2 is 1.68 bits per heavy atom. The molecule has 0 aliphatic heterocycles. The van der Waals surface area contributed by atoms with Crippen LogP contribution in [0.25, 0.3) is 10.9 Å². The number of H-pyrrole nitrogens is 1. The fourth-order valence-corrected chi connectivity index (χ4v) is 2.65. The molecule has 0 spiro atoms. The number of likely N-dealkylation sites (N-methyl/N-ethyl adjacent to an activating group) is 2. The predicted molar refractivity (Wildman–Crippen MR) is 98.4 cm³/mol. The number of aromatic nitrogens is 1. The van der Waals surface area contributed by atoms with Gasteiger partial charge >= 0.3 is 0 Å². The van der Waals surface area contributed by atoms with Crippen molar-refractivity contribution in [2.75, 3.05) is 34.2 Å². The summed E-state index contributed by atoms with van der Waals surface area (Å²) in [6.07, 6.45) is 0.394. The van der Waals surface area contributed by atoms with Crippen molar-refractivity contribution in [1.29, 1.82) is 0 Å². The van der Waals surface area contributed by atoms with Crippen LogP contribution in [0.15, 0.2) is 18.2 Å². The van der Waals surface area contributed by atoms with Gasteiger partial charge < -0.3 is 14.8 Å². The quantitative estimate of drug-likeness (QED) is 0.784. The van der Waals surface area contributed by atoms with Crippen LogP contribution in [0.5, 0.6) is 0 Å². The Morgan fingerprint density at radius 1 is 1.00 bits per heavy atom. The Balaban J connectivity index is 2.46. The van der Waals surface area contributed by atoms with Gasteiger partial charge in [-0.05, 0) is 39.2 Å². The van der Waals surface area contributed by atoms with Gasteiger partial charge in [-0.1, -0.05) is 6.92 Å². The van der Waals surface area contributed by atoms with E-state index in [4.69, 9.17) is 0 Å². The molecule has 1 amide bonds. The van der Waals surface area contributed by atoms with E-state index in [-0.39, 0.29) is 17.5 Å². The number of amides is 1. The normalized spacial score (nSPS) is 11.1. The second-order valence-corrected chi connectivity index (χ2v) is 6.53. The third-order valence-electron chi connectivity index (χ3n) is 4.22. The number of aromatic amines is 1. The van der Waals surface area contributed by atoms with E-state index >= 15 is 0 Å². The first-order valence-corrected chi connectivity index (χ1v) is 8.35. The second-order valence-electron chi connectivity index (χ2n) is 6.53. The maximum Gasteiger partial charge on any atom is 0.254 e. The van der Waals surface area contributed by atoms with Crippen LogP contribution in [-0.2, 0) is 0 Å². The number of hydrogen-bond donors (Lipinski definition) is 1. The van der Waals surface area contributed by atoms with Crippen LogP contribution in [0.2, 0.25) is 0 Å². The minimum Gasteiger partial charge on any atom is -0.352 e. The van der Waals surface area contributed by atoms with E-state index < -0.39 is 0 Å². The fourth-order valence-electron chi connectivity index (χ4n) is 2.65. The summed E-state index contributed by atoms with van der Waals surface area (Å²) >= 11 is 0. The maximum atomic E-state index is 12.8. The molecule has 6 heteroatoms. The Bertz CT molecular complexity index is 821. The molecule has 0 bridgehead atoms. The molecule has 0 saturated carbocycles. The van der Waals surface area contributed by atoms with E-state index in [2.05, 4.69) is 4.98 Å². The number of carbonyl (C=O) groups is 3. The van der Waals surface area contributed by atoms with E-state index in [0.717, 1.165) is 11.9 Å². The number of nitrogens with zero attached hydrogens (tertiary/aromatic N) is 2. The number of benzene rings is 1. The molecule has 1 aromatic heterocycles. The number of hydrogen-bond acceptors (Lipinski definition) is 4. The standard InChI is InChI=1S/C19H25N3O3/c1-6-18(24)17-10-13-9-14(12(2)23)15(11-16(13)20-17)19(25)22(5)8-7-21(3)4/h9-11,20H,6-8H2,1-5H3. The van der Waals surface area contributed by atoms with Gasteiger partial charge in [-0.15, -0.1) is 0 Å². The molecule has 0 unspecified atom stereocenters. The molecular weight excluding hydrogens is 318 g/mol. The molecule has 0 aliphatic carbocycles. The van der Waals surface area contributed by atoms with Crippen LogP contribution in [-0.4, -0.2) is 66.5 Å². The lowest BCUT2D eigenvalue weighted by Crippen LogP contribution is -2.34. The molecule has 1 heterocycles. The summed E-state index contributed by atoms with van der Waals surface area (Å²) in [5, 5.41) is 0.759. The lowest BCUT2D eigenvalue weighted by atomic mass is 10.0. The number of nitrogens with one attached hydrogen (secondary N) is 1. The molecular formula is C19H25N3O3. The van der Waals surface area contributed by atoms with E-state index in [9.17, 15) is 14.4 Å². The van der Waals surface area contributed by atoms with Crippen LogP contribution in [0.3, 0.4) is 0 Å². The van der Waals surface area contributed by atoms with Crippen molar-refractivity contribution in [2.24, 2.45) is 0 Å². The lowest BCUT2D eigenvalue weighted by molar-refractivity contribution is 0.0781. The average Bonchev–Trinajstić information content (AvgIpc) is 2.99. The van der Waals surface area contributed by atoms with Gasteiger partial charge in [0.05, 0.1) is 11.3 Å². The minimum atomic E-state index is -0.202. The SMILES string of the molecule is CCC(=O)c1cc2cc(C(C)=O)c(C(=O)N(C)CCN(C)C)cc2[nH]1. The summed E-state index contributed by atoms with van der Waals surface area (Å²) in [5.74, 6) is -0.376. The zero-order chi connectivity index (χ0) is 18.7. The highest BCUT2D eigenvalue weighted by atomic mass is 16.2. The topological polar surface area (TPSA) is 73.5 Å². The van der Waals surface area contributed by atoms with Crippen molar-refractivity contribution in [3.63, 3.8) is 0 Å². The summed E-state index contributed by atoms with van der Waals surface area (Å²) in [7, 11) is 5.60. The first kappa shape index (κ1) is 18.9. The van der Waals surface area contributed by atoms with Crippen molar-refractivity contribution in [2.45, 2.75) is 20.3 Å². The van der Waals surface area contributed by atoms with Gasteiger partial charge in [0, 0.05) is 43.0 Å². The van der Waals surface area contributed by atoms with Crippen molar-refractivity contribution in [3.05, 3.63) is 35.0 Å². The van der Waals surface area contributed by atoms with E-state index in [0.29, 0.717) is 35.3 Å². The van der Waals surface area contributed by atoms with E-state index in [1.807, 2.05) is 19.0 Å². The highest BCUT2D eigenvalue weighted by Crippen LogP contribution is 2.23. The van der Waals surface area contributed by atoms with Gasteiger partial charge in [0.25, 0.3) is 5.91 Å². The summed E-state index contributed by atoms with van der Waals surface area (Å²) in [4.78, 5) is 43.4. The van der Waals surface area contributed by atoms with Gasteiger partial charge in [-0.2, -0.15) is 0 Å². The summed E-state index contributed by atoms with van der Waals surface area (Å²) in [6.45, 7) is 4.54. The van der Waals surface area contributed by atoms with Crippen LogP contribution < -0.4 is 0 Å². The Hall–Kier alpha value is -2.47. The molecule has 1 N–H and O–H groups in total. The summed E-state index contributed by atoms with van der Waals surface area (Å²) in [5.41, 5.74) is 1.92. The molecule has 6 nitrogen and oxygen atoms in total. The lowest BCUT2D eigenvalue weighted by Gasteiger charge is -2.20. The maximum absolute atomic E-state index is 12.8. The predicted octanol–water partition coefficient (Wildman–Crippen LogP) is 2.60. The van der Waals surface area contributed by atoms with E-state index in [1.54, 1.807) is 37.1 Å². The third kappa shape index (κ3) is 4.14. The minimum absolute atomic E-state index is 0.00319. The molecule has 2 rings (SSSR count). The molecule has 0 fully saturated rings. The third-order valence-corrected chi connectivity index (χ3v) is 4.22. The highest BCUT2D eigenvalue weighted by molar-refractivity contribution is 6.11. The van der Waals surface area contributed by atoms with Crippen LogP contribution in [0.1, 0.15) is 51.5 Å². The van der Waals surface area contributed by atoms with Crippen LogP contribution >= 0.6 is 0 Å². The van der Waals surface area contributed by atoms with Gasteiger partial charge in [0.2, 0.25) is 0 Å². The van der Waals surface area contributed by atoms with Gasteiger partial charge in [-0.25, -0.2) is 0 Å². The van der Waals surface area contributed by atoms with Crippen molar-refractivity contribution >= 4 is 28.4 Å². The molecule has 0 atom stereocenters. The molecule has 0 radical (unpaired) electrons. The van der Waals surface area contributed by atoms with Crippen LogP contribution in [0.4, 0.5) is 0 Å². The number of rotatable bonds is 7. The van der Waals surface area contributed by atoms with Gasteiger partial charge in [0.1, 0.15) is 0 Å². The Morgan fingerprint density at radius 3 is 2.24 bits per heavy atom. The Kier molecular flexibility index (Phi) is 5.74. The van der Waals surface area contributed by atoms with Gasteiger partial charge in [0.15, 0.2) is 11.6 Å². The number of carbonyl (C=O) groups excluding carboxylic acids is 3. The number of Topliss-reactive ketones (excluding diaryl/α,β-unsaturated/α-hetero) is 2. The fraction of sp³-hybridized carbons (Fsp3) is 0.421. The van der Waals surface area contributed by atoms with Gasteiger partial charge in [-0.3, -0.25) is 14.4 Å². The largest absolute Gasteiger partial charge is 0.352 e. The zero-order valence-electron chi connectivity index (χ0n) is 15.5. The number of fused-ring (bicyclic) bond motifs is 1. The van der Waals surface area contributed by atoms with Crippen molar-refractivity contribution in [1.82, 2.24) is 14.8 Å². The molecule has 0 saturated heterocycles. The van der Waals surface area contributed by atoms with Crippen molar-refractivity contribution < 1.29 is 14.4 Å². The summed E-state index contributed by atoms with van der Waals surface area (Å²) < 4.78 is 0. The first-order chi connectivity index (χ1) is 11.7. The second kappa shape index (κ2) is 7.61. The highest BCUT2D eigenvalue weighted by Gasteiger charge is 2.20. The Labute approximate surface area is 147 Å². The molecule has 0 aliphatic rings. The molecule has 25 heavy (non-hydrogen) atoms. The summed E-state index contributed by atoms with van der Waals surface area (Å²) in [6, 6.07) is 5.10. The molecule has 1 aromatic carbocycles. The smallest absolute Gasteiger partial charge is 0.254 e. The van der Waals surface area contributed by atoms with Crippen LogP contribution in [0, 0.1) is 0 Å². The number of ketones is 2. The average molecular weight is 343 g/mol. The zero-order valence-corrected chi connectivity index (χ0v) is 15.5. The van der Waals surface area contributed by atoms with Crippen molar-refractivity contribution in [3.8, 4) is 0 Å². The monoisotopic (exact) mass is 343 g/mol.